The third-order valence-electron chi connectivity index (χ3n) is 2.87. The highest BCUT2D eigenvalue weighted by molar-refractivity contribution is 7.92. The van der Waals surface area contributed by atoms with Crippen LogP contribution < -0.4 is 9.44 Å². The summed E-state index contributed by atoms with van der Waals surface area (Å²) in [7, 11) is -4.58. The zero-order valence-corrected chi connectivity index (χ0v) is 13.0. The van der Waals surface area contributed by atoms with E-state index in [2.05, 4.69) is 5.10 Å². The largest absolute Gasteiger partial charge is 0.274 e. The SMILES string of the molecule is CN(c1ccc(S(N)(=O)=O)cc1)S(=O)(=O)c1cnn(C)c1. The van der Waals surface area contributed by atoms with Gasteiger partial charge in [0.1, 0.15) is 4.90 Å². The molecular formula is C11H14N4O4S2. The predicted molar refractivity (Wildman–Crippen MR) is 76.6 cm³/mol. The summed E-state index contributed by atoms with van der Waals surface area (Å²) in [6.07, 6.45) is 2.62. The molecule has 0 bridgehead atoms. The first-order chi connectivity index (χ1) is 9.62. The predicted octanol–water partition coefficient (Wildman–Crippen LogP) is -0.107. The molecule has 2 N–H and O–H groups in total. The number of nitrogens with two attached hydrogens (primary N) is 1. The summed E-state index contributed by atoms with van der Waals surface area (Å²) >= 11 is 0. The summed E-state index contributed by atoms with van der Waals surface area (Å²) < 4.78 is 49.5. The second-order valence-electron chi connectivity index (χ2n) is 4.36. The maximum atomic E-state index is 12.4. The van der Waals surface area contributed by atoms with Crippen molar-refractivity contribution in [2.45, 2.75) is 9.79 Å². The van der Waals surface area contributed by atoms with Crippen LogP contribution in [0.5, 0.6) is 0 Å². The van der Waals surface area contributed by atoms with Gasteiger partial charge >= 0.3 is 0 Å². The van der Waals surface area contributed by atoms with Gasteiger partial charge in [-0.15, -0.1) is 0 Å². The van der Waals surface area contributed by atoms with E-state index in [0.717, 1.165) is 4.31 Å². The highest BCUT2D eigenvalue weighted by Gasteiger charge is 2.23. The van der Waals surface area contributed by atoms with Gasteiger partial charge in [0, 0.05) is 20.3 Å². The second-order valence-corrected chi connectivity index (χ2v) is 7.89. The molecule has 0 spiro atoms. The van der Waals surface area contributed by atoms with E-state index >= 15 is 0 Å². The zero-order chi connectivity index (χ0) is 15.8. The van der Waals surface area contributed by atoms with Crippen LogP contribution in [-0.2, 0) is 27.1 Å². The van der Waals surface area contributed by atoms with E-state index < -0.39 is 20.0 Å². The van der Waals surface area contributed by atoms with Crippen molar-refractivity contribution < 1.29 is 16.8 Å². The standard InChI is InChI=1S/C11H14N4O4S2/c1-14-8-11(7-13-14)21(18,19)15(2)9-3-5-10(6-4-9)20(12,16)17/h3-8H,1-2H3,(H2,12,16,17). The van der Waals surface area contributed by atoms with Gasteiger partial charge in [0.05, 0.1) is 16.8 Å². The molecule has 1 aromatic carbocycles. The Kier molecular flexibility index (Phi) is 3.78. The lowest BCUT2D eigenvalue weighted by atomic mass is 10.3. The number of rotatable bonds is 4. The molecule has 0 radical (unpaired) electrons. The lowest BCUT2D eigenvalue weighted by Crippen LogP contribution is -2.26. The molecule has 0 unspecified atom stereocenters. The van der Waals surface area contributed by atoms with Gasteiger partial charge in [-0.05, 0) is 24.3 Å². The lowest BCUT2D eigenvalue weighted by Gasteiger charge is -2.18. The first kappa shape index (κ1) is 15.5. The Balaban J connectivity index is 2.38. The molecule has 114 valence electrons. The van der Waals surface area contributed by atoms with Gasteiger partial charge in [0.15, 0.2) is 0 Å². The maximum Gasteiger partial charge on any atom is 0.267 e. The van der Waals surface area contributed by atoms with Crippen LogP contribution in [0.15, 0.2) is 46.5 Å². The van der Waals surface area contributed by atoms with Crippen molar-refractivity contribution >= 4 is 25.7 Å². The van der Waals surface area contributed by atoms with Gasteiger partial charge in [-0.25, -0.2) is 22.0 Å². The van der Waals surface area contributed by atoms with E-state index in [0.29, 0.717) is 5.69 Å². The van der Waals surface area contributed by atoms with E-state index in [1.54, 1.807) is 7.05 Å². The molecule has 0 saturated carbocycles. The summed E-state index contributed by atoms with van der Waals surface area (Å²) in [4.78, 5) is -0.0403. The highest BCUT2D eigenvalue weighted by atomic mass is 32.2. The molecule has 8 nitrogen and oxygen atoms in total. The van der Waals surface area contributed by atoms with Crippen molar-refractivity contribution in [1.82, 2.24) is 9.78 Å². The van der Waals surface area contributed by atoms with Gasteiger partial charge < -0.3 is 0 Å². The summed E-state index contributed by atoms with van der Waals surface area (Å²) in [5.74, 6) is 0. The topological polar surface area (TPSA) is 115 Å². The molecule has 0 atom stereocenters. The van der Waals surface area contributed by atoms with Gasteiger partial charge in [0.25, 0.3) is 10.0 Å². The molecule has 0 aliphatic carbocycles. The number of benzene rings is 1. The molecule has 1 heterocycles. The summed E-state index contributed by atoms with van der Waals surface area (Å²) in [6, 6.07) is 5.24. The van der Waals surface area contributed by atoms with Gasteiger partial charge in [0.2, 0.25) is 10.0 Å². The normalized spacial score (nSPS) is 12.3. The minimum Gasteiger partial charge on any atom is -0.274 e. The maximum absolute atomic E-state index is 12.4. The Labute approximate surface area is 122 Å². The number of primary sulfonamides is 1. The van der Waals surface area contributed by atoms with Crippen molar-refractivity contribution in [1.29, 1.82) is 0 Å². The lowest BCUT2D eigenvalue weighted by molar-refractivity contribution is 0.594. The third-order valence-corrected chi connectivity index (χ3v) is 5.54. The van der Waals surface area contributed by atoms with E-state index in [4.69, 9.17) is 5.14 Å². The zero-order valence-electron chi connectivity index (χ0n) is 11.3. The monoisotopic (exact) mass is 330 g/mol. The molecule has 0 fully saturated rings. The number of anilines is 1. The first-order valence-electron chi connectivity index (χ1n) is 5.73. The molecule has 0 aliphatic rings. The molecular weight excluding hydrogens is 316 g/mol. The van der Waals surface area contributed by atoms with Crippen LogP contribution in [0.3, 0.4) is 0 Å². The van der Waals surface area contributed by atoms with Crippen molar-refractivity contribution in [3.8, 4) is 0 Å². The first-order valence-corrected chi connectivity index (χ1v) is 8.71. The number of nitrogens with zero attached hydrogens (tertiary/aromatic N) is 3. The van der Waals surface area contributed by atoms with Crippen LogP contribution in [0.1, 0.15) is 0 Å². The number of hydrogen-bond donors (Lipinski definition) is 1. The van der Waals surface area contributed by atoms with Crippen LogP contribution in [-0.4, -0.2) is 33.7 Å². The number of hydrogen-bond acceptors (Lipinski definition) is 5. The van der Waals surface area contributed by atoms with Gasteiger partial charge in [-0.1, -0.05) is 0 Å². The van der Waals surface area contributed by atoms with Crippen molar-refractivity contribution in [2.75, 3.05) is 11.4 Å². The summed E-state index contributed by atoms with van der Waals surface area (Å²) in [5, 5.41) is 8.81. The Hall–Kier alpha value is -1.91. The minimum absolute atomic E-state index is 0.0445. The van der Waals surface area contributed by atoms with Crippen LogP contribution >= 0.6 is 0 Å². The molecule has 10 heteroatoms. The highest BCUT2D eigenvalue weighted by Crippen LogP contribution is 2.22. The molecule has 1 aromatic heterocycles. The molecule has 2 rings (SSSR count). The van der Waals surface area contributed by atoms with Crippen LogP contribution in [0, 0.1) is 0 Å². The van der Waals surface area contributed by atoms with Crippen LogP contribution in [0.4, 0.5) is 5.69 Å². The van der Waals surface area contributed by atoms with E-state index in [1.807, 2.05) is 0 Å². The molecule has 21 heavy (non-hydrogen) atoms. The molecule has 0 aliphatic heterocycles. The van der Waals surface area contributed by atoms with Crippen molar-refractivity contribution in [3.63, 3.8) is 0 Å². The Morgan fingerprint density at radius 3 is 2.10 bits per heavy atom. The Morgan fingerprint density at radius 2 is 1.67 bits per heavy atom. The fourth-order valence-electron chi connectivity index (χ4n) is 1.67. The summed E-state index contributed by atoms with van der Waals surface area (Å²) in [5.41, 5.74) is 0.311. The summed E-state index contributed by atoms with van der Waals surface area (Å²) in [6.45, 7) is 0. The third kappa shape index (κ3) is 3.06. The fourth-order valence-corrected chi connectivity index (χ4v) is 3.37. The molecule has 2 aromatic rings. The smallest absolute Gasteiger partial charge is 0.267 e. The Bertz CT molecular complexity index is 854. The average Bonchev–Trinajstić information content (AvgIpc) is 2.84. The number of aromatic nitrogens is 2. The Morgan fingerprint density at radius 1 is 1.10 bits per heavy atom. The van der Waals surface area contributed by atoms with E-state index in [-0.39, 0.29) is 9.79 Å². The quantitative estimate of drug-likeness (QED) is 0.840. The second kappa shape index (κ2) is 5.13. The molecule has 0 amide bonds. The number of sulfonamides is 2. The van der Waals surface area contributed by atoms with Gasteiger partial charge in [-0.3, -0.25) is 8.99 Å². The average molecular weight is 330 g/mol. The minimum atomic E-state index is -3.81. The van der Waals surface area contributed by atoms with E-state index in [9.17, 15) is 16.8 Å². The van der Waals surface area contributed by atoms with Crippen LogP contribution in [0.25, 0.3) is 0 Å². The van der Waals surface area contributed by atoms with E-state index in [1.165, 1.54) is 48.4 Å². The fraction of sp³-hybridized carbons (Fsp3) is 0.182. The number of aryl methyl sites for hydroxylation is 1. The van der Waals surface area contributed by atoms with Gasteiger partial charge in [-0.2, -0.15) is 5.10 Å². The molecule has 0 saturated heterocycles. The van der Waals surface area contributed by atoms with Crippen LogP contribution in [0.2, 0.25) is 0 Å². The van der Waals surface area contributed by atoms with Crippen molar-refractivity contribution in [2.24, 2.45) is 12.2 Å². The van der Waals surface area contributed by atoms with Crippen molar-refractivity contribution in [3.05, 3.63) is 36.7 Å².